The topological polar surface area (TPSA) is 66.6 Å². The maximum atomic E-state index is 11.7. The van der Waals surface area contributed by atoms with E-state index in [4.69, 9.17) is 5.73 Å². The van der Waals surface area contributed by atoms with Gasteiger partial charge in [0.2, 0.25) is 11.8 Å². The monoisotopic (exact) mass is 229 g/mol. The van der Waals surface area contributed by atoms with Crippen LogP contribution in [0, 0.1) is 5.41 Å². The highest BCUT2D eigenvalue weighted by molar-refractivity contribution is 5.83. The van der Waals surface area contributed by atoms with Crippen molar-refractivity contribution in [3.63, 3.8) is 0 Å². The highest BCUT2D eigenvalue weighted by Gasteiger charge is 2.22. The Kier molecular flexibility index (Phi) is 5.44. The van der Waals surface area contributed by atoms with E-state index in [-0.39, 0.29) is 23.8 Å². The predicted molar refractivity (Wildman–Crippen MR) is 63.8 cm³/mol. The van der Waals surface area contributed by atoms with Crippen molar-refractivity contribution >= 4 is 11.8 Å². The minimum Gasteiger partial charge on any atom is -0.344 e. The van der Waals surface area contributed by atoms with Gasteiger partial charge in [0.15, 0.2) is 0 Å². The standard InChI is InChI=1S/C11H23N3O2/c1-9(15)13(4)6-10(16)14(5)8-11(2,3)7-12/h6-8,12H2,1-5H3. The summed E-state index contributed by atoms with van der Waals surface area (Å²) < 4.78 is 0. The molecule has 0 atom stereocenters. The highest BCUT2D eigenvalue weighted by Crippen LogP contribution is 2.13. The number of rotatable bonds is 5. The van der Waals surface area contributed by atoms with Crippen LogP contribution >= 0.6 is 0 Å². The normalized spacial score (nSPS) is 11.1. The molecule has 0 bridgehead atoms. The molecule has 0 aliphatic carbocycles. The van der Waals surface area contributed by atoms with E-state index < -0.39 is 0 Å². The maximum absolute atomic E-state index is 11.7. The lowest BCUT2D eigenvalue weighted by Gasteiger charge is -2.30. The molecule has 0 fully saturated rings. The first kappa shape index (κ1) is 14.9. The van der Waals surface area contributed by atoms with Crippen molar-refractivity contribution in [3.05, 3.63) is 0 Å². The number of nitrogens with two attached hydrogens (primary N) is 1. The number of carbonyl (C=O) groups is 2. The SMILES string of the molecule is CC(=O)N(C)CC(=O)N(C)CC(C)(C)CN. The number of hydrogen-bond donors (Lipinski definition) is 1. The summed E-state index contributed by atoms with van der Waals surface area (Å²) in [5, 5.41) is 0. The summed E-state index contributed by atoms with van der Waals surface area (Å²) >= 11 is 0. The average Bonchev–Trinajstić information content (AvgIpc) is 2.16. The summed E-state index contributed by atoms with van der Waals surface area (Å²) in [6.07, 6.45) is 0. The van der Waals surface area contributed by atoms with Crippen LogP contribution in [0.4, 0.5) is 0 Å². The van der Waals surface area contributed by atoms with Crippen molar-refractivity contribution in [1.82, 2.24) is 9.80 Å². The van der Waals surface area contributed by atoms with E-state index in [1.54, 1.807) is 19.0 Å². The smallest absolute Gasteiger partial charge is 0.241 e. The second-order valence-electron chi connectivity index (χ2n) is 4.99. The van der Waals surface area contributed by atoms with Crippen molar-refractivity contribution in [3.8, 4) is 0 Å². The molecular formula is C11H23N3O2. The molecule has 5 heteroatoms. The van der Waals surface area contributed by atoms with Crippen LogP contribution in [0.2, 0.25) is 0 Å². The van der Waals surface area contributed by atoms with Crippen LogP contribution in [-0.4, -0.2) is 55.3 Å². The minimum atomic E-state index is -0.111. The third-order valence-electron chi connectivity index (χ3n) is 2.55. The van der Waals surface area contributed by atoms with E-state index in [1.807, 2.05) is 13.8 Å². The minimum absolute atomic E-state index is 0.0702. The van der Waals surface area contributed by atoms with Gasteiger partial charge in [0.05, 0.1) is 6.54 Å². The first-order valence-electron chi connectivity index (χ1n) is 5.35. The molecule has 2 N–H and O–H groups in total. The quantitative estimate of drug-likeness (QED) is 0.716. The first-order valence-corrected chi connectivity index (χ1v) is 5.35. The van der Waals surface area contributed by atoms with Gasteiger partial charge in [-0.15, -0.1) is 0 Å². The van der Waals surface area contributed by atoms with Gasteiger partial charge in [-0.25, -0.2) is 0 Å². The molecule has 0 aromatic rings. The maximum Gasteiger partial charge on any atom is 0.241 e. The lowest BCUT2D eigenvalue weighted by atomic mass is 9.93. The van der Waals surface area contributed by atoms with Gasteiger partial charge in [-0.3, -0.25) is 9.59 Å². The Morgan fingerprint density at radius 2 is 1.69 bits per heavy atom. The van der Waals surface area contributed by atoms with Crippen LogP contribution in [-0.2, 0) is 9.59 Å². The molecule has 2 amide bonds. The number of nitrogens with zero attached hydrogens (tertiary/aromatic N) is 2. The summed E-state index contributed by atoms with van der Waals surface area (Å²) in [4.78, 5) is 25.7. The zero-order chi connectivity index (χ0) is 12.9. The summed E-state index contributed by atoms with van der Waals surface area (Å²) in [6, 6.07) is 0. The van der Waals surface area contributed by atoms with Crippen molar-refractivity contribution in [2.24, 2.45) is 11.1 Å². The van der Waals surface area contributed by atoms with Gasteiger partial charge in [0.25, 0.3) is 0 Å². The molecule has 0 saturated heterocycles. The molecule has 0 aromatic heterocycles. The number of hydrogen-bond acceptors (Lipinski definition) is 3. The molecule has 0 saturated carbocycles. The Bertz CT molecular complexity index is 264. The van der Waals surface area contributed by atoms with Crippen molar-refractivity contribution in [1.29, 1.82) is 0 Å². The van der Waals surface area contributed by atoms with Gasteiger partial charge in [0.1, 0.15) is 0 Å². The zero-order valence-electron chi connectivity index (χ0n) is 10.9. The molecule has 5 nitrogen and oxygen atoms in total. The Morgan fingerprint density at radius 3 is 2.06 bits per heavy atom. The van der Waals surface area contributed by atoms with Crippen LogP contribution < -0.4 is 5.73 Å². The summed E-state index contributed by atoms with van der Waals surface area (Å²) in [5.41, 5.74) is 5.50. The fourth-order valence-corrected chi connectivity index (χ4v) is 1.23. The summed E-state index contributed by atoms with van der Waals surface area (Å²) in [5.74, 6) is -0.181. The molecule has 0 rings (SSSR count). The molecule has 0 spiro atoms. The van der Waals surface area contributed by atoms with Crippen molar-refractivity contribution in [2.45, 2.75) is 20.8 Å². The van der Waals surface area contributed by atoms with E-state index in [1.165, 1.54) is 11.8 Å². The van der Waals surface area contributed by atoms with E-state index >= 15 is 0 Å². The molecule has 16 heavy (non-hydrogen) atoms. The Hall–Kier alpha value is -1.10. The third-order valence-corrected chi connectivity index (χ3v) is 2.55. The number of amides is 2. The van der Waals surface area contributed by atoms with Gasteiger partial charge in [-0.2, -0.15) is 0 Å². The van der Waals surface area contributed by atoms with Gasteiger partial charge in [-0.1, -0.05) is 13.8 Å². The summed E-state index contributed by atoms with van der Waals surface area (Å²) in [6.45, 7) is 6.68. The van der Waals surface area contributed by atoms with E-state index in [9.17, 15) is 9.59 Å². The predicted octanol–water partition coefficient (Wildman–Crippen LogP) is -0.0920. The Morgan fingerprint density at radius 1 is 1.19 bits per heavy atom. The zero-order valence-corrected chi connectivity index (χ0v) is 10.9. The van der Waals surface area contributed by atoms with E-state index in [0.29, 0.717) is 13.1 Å². The lowest BCUT2D eigenvalue weighted by Crippen LogP contribution is -2.44. The molecule has 0 radical (unpaired) electrons. The third kappa shape index (κ3) is 5.11. The van der Waals surface area contributed by atoms with Crippen LogP contribution in [0.25, 0.3) is 0 Å². The average molecular weight is 229 g/mol. The second-order valence-corrected chi connectivity index (χ2v) is 4.99. The van der Waals surface area contributed by atoms with Crippen LogP contribution in [0.1, 0.15) is 20.8 Å². The lowest BCUT2D eigenvalue weighted by molar-refractivity contribution is -0.138. The highest BCUT2D eigenvalue weighted by atomic mass is 16.2. The molecule has 0 aliphatic rings. The van der Waals surface area contributed by atoms with Crippen LogP contribution in [0.3, 0.4) is 0 Å². The Balaban J connectivity index is 4.25. The molecule has 94 valence electrons. The van der Waals surface area contributed by atoms with Gasteiger partial charge in [-0.05, 0) is 12.0 Å². The van der Waals surface area contributed by atoms with Gasteiger partial charge >= 0.3 is 0 Å². The molecule has 0 heterocycles. The molecule has 0 aliphatic heterocycles. The fourth-order valence-electron chi connectivity index (χ4n) is 1.23. The van der Waals surface area contributed by atoms with Crippen molar-refractivity contribution < 1.29 is 9.59 Å². The van der Waals surface area contributed by atoms with Gasteiger partial charge in [0, 0.05) is 27.6 Å². The van der Waals surface area contributed by atoms with Crippen LogP contribution in [0.15, 0.2) is 0 Å². The second kappa shape index (κ2) is 5.84. The van der Waals surface area contributed by atoms with Gasteiger partial charge < -0.3 is 15.5 Å². The molecular weight excluding hydrogens is 206 g/mol. The molecule has 0 aromatic carbocycles. The van der Waals surface area contributed by atoms with E-state index in [2.05, 4.69) is 0 Å². The Labute approximate surface area is 97.6 Å². The molecule has 0 unspecified atom stereocenters. The fraction of sp³-hybridized carbons (Fsp3) is 0.818. The number of carbonyl (C=O) groups excluding carboxylic acids is 2. The van der Waals surface area contributed by atoms with E-state index in [0.717, 1.165) is 0 Å². The largest absolute Gasteiger partial charge is 0.344 e. The van der Waals surface area contributed by atoms with Crippen LogP contribution in [0.5, 0.6) is 0 Å². The summed E-state index contributed by atoms with van der Waals surface area (Å²) in [7, 11) is 3.34. The van der Waals surface area contributed by atoms with Crippen molar-refractivity contribution in [2.75, 3.05) is 33.7 Å². The number of likely N-dealkylation sites (N-methyl/N-ethyl adjacent to an activating group) is 2. The first-order chi connectivity index (χ1) is 7.19.